The van der Waals surface area contributed by atoms with Gasteiger partial charge in [-0.05, 0) is 30.0 Å². The number of para-hydroxylation sites is 1. The minimum atomic E-state index is 0.577. The highest BCUT2D eigenvalue weighted by atomic mass is 35.5. The molecule has 0 unspecified atom stereocenters. The molecule has 0 heterocycles. The quantitative estimate of drug-likeness (QED) is 0.276. The Hall–Kier alpha value is -1.61. The summed E-state index contributed by atoms with van der Waals surface area (Å²) >= 11 is 9.26. The predicted octanol–water partition coefficient (Wildman–Crippen LogP) is 5.05. The zero-order valence-electron chi connectivity index (χ0n) is 11.9. The molecule has 0 spiro atoms. The van der Waals surface area contributed by atoms with Gasteiger partial charge in [-0.2, -0.15) is 5.26 Å². The first-order valence-electron chi connectivity index (χ1n) is 6.47. The molecule has 0 fully saturated rings. The van der Waals surface area contributed by atoms with Crippen LogP contribution in [0.25, 0.3) is 0 Å². The molecule has 3 nitrogen and oxygen atoms in total. The maximum Gasteiger partial charge on any atom is 0.183 e. The Morgan fingerprint density at radius 3 is 2.68 bits per heavy atom. The van der Waals surface area contributed by atoms with Crippen LogP contribution in [0.15, 0.2) is 58.4 Å². The molecule has 0 bridgehead atoms. The van der Waals surface area contributed by atoms with E-state index < -0.39 is 0 Å². The summed E-state index contributed by atoms with van der Waals surface area (Å²) in [6.07, 6.45) is 3.78. The van der Waals surface area contributed by atoms with Crippen LogP contribution in [-0.2, 0) is 5.75 Å². The number of aliphatic imine (C=N–C) groups is 1. The summed E-state index contributed by atoms with van der Waals surface area (Å²) in [5.41, 5.74) is 1.93. The van der Waals surface area contributed by atoms with Crippen LogP contribution >= 0.6 is 35.1 Å². The van der Waals surface area contributed by atoms with Crippen molar-refractivity contribution < 1.29 is 0 Å². The number of hydrogen-bond acceptors (Lipinski definition) is 4. The molecular weight excluding hydrogens is 334 g/mol. The number of halogens is 1. The van der Waals surface area contributed by atoms with Crippen molar-refractivity contribution in [3.05, 3.63) is 59.1 Å². The van der Waals surface area contributed by atoms with E-state index in [-0.39, 0.29) is 0 Å². The number of nitriles is 1. The lowest BCUT2D eigenvalue weighted by atomic mass is 10.2. The molecular formula is C16H14ClN3S2. The second kappa shape index (κ2) is 8.74. The fourth-order valence-corrected chi connectivity index (χ4v) is 3.34. The number of benzene rings is 2. The van der Waals surface area contributed by atoms with Gasteiger partial charge in [-0.3, -0.25) is 5.32 Å². The van der Waals surface area contributed by atoms with Gasteiger partial charge in [0.1, 0.15) is 0 Å². The molecule has 2 rings (SSSR count). The van der Waals surface area contributed by atoms with Crippen LogP contribution in [0.4, 0.5) is 5.69 Å². The Kier molecular flexibility index (Phi) is 6.66. The molecule has 0 aliphatic heterocycles. The topological polar surface area (TPSA) is 48.2 Å². The van der Waals surface area contributed by atoms with Crippen molar-refractivity contribution in [1.82, 2.24) is 5.32 Å². The standard InChI is InChI=1S/C16H14ClN3S2/c1-21-16(19-11-18)20-14-8-4-5-9-15(14)22-10-12-6-2-3-7-13(12)17/h2-9H,10H2,1H3,(H,19,20). The van der Waals surface area contributed by atoms with Crippen molar-refractivity contribution in [1.29, 1.82) is 5.26 Å². The molecule has 112 valence electrons. The predicted molar refractivity (Wildman–Crippen MR) is 96.8 cm³/mol. The summed E-state index contributed by atoms with van der Waals surface area (Å²) in [6, 6.07) is 15.7. The third-order valence-corrected chi connectivity index (χ3v) is 4.84. The van der Waals surface area contributed by atoms with Crippen molar-refractivity contribution in [2.75, 3.05) is 6.26 Å². The minimum absolute atomic E-state index is 0.577. The molecule has 6 heteroatoms. The SMILES string of the molecule is CSC(=Nc1ccccc1SCc1ccccc1Cl)NC#N. The Morgan fingerprint density at radius 2 is 1.95 bits per heavy atom. The van der Waals surface area contributed by atoms with Gasteiger partial charge in [-0.1, -0.05) is 53.7 Å². The Labute approximate surface area is 143 Å². The molecule has 1 N–H and O–H groups in total. The fourth-order valence-electron chi connectivity index (χ4n) is 1.72. The first-order valence-corrected chi connectivity index (χ1v) is 9.06. The molecule has 0 aromatic heterocycles. The second-order valence-corrected chi connectivity index (χ2v) is 6.43. The highest BCUT2D eigenvalue weighted by molar-refractivity contribution is 8.13. The largest absolute Gasteiger partial charge is 0.271 e. The highest BCUT2D eigenvalue weighted by Crippen LogP contribution is 2.33. The van der Waals surface area contributed by atoms with E-state index in [1.165, 1.54) is 11.8 Å². The summed E-state index contributed by atoms with van der Waals surface area (Å²) in [6.45, 7) is 0. The molecule has 0 aliphatic rings. The van der Waals surface area contributed by atoms with Gasteiger partial charge in [-0.15, -0.1) is 11.8 Å². The lowest BCUT2D eigenvalue weighted by Gasteiger charge is -2.08. The normalized spacial score (nSPS) is 11.0. The maximum absolute atomic E-state index is 8.72. The third-order valence-electron chi connectivity index (χ3n) is 2.78. The van der Waals surface area contributed by atoms with Crippen LogP contribution in [-0.4, -0.2) is 11.4 Å². The summed E-state index contributed by atoms with van der Waals surface area (Å²) in [7, 11) is 0. The number of thioether (sulfide) groups is 2. The zero-order valence-corrected chi connectivity index (χ0v) is 14.3. The van der Waals surface area contributed by atoms with Gasteiger partial charge in [0.15, 0.2) is 11.4 Å². The Bertz CT molecular complexity index is 711. The van der Waals surface area contributed by atoms with E-state index in [1.807, 2.05) is 61.0 Å². The molecule has 0 atom stereocenters. The van der Waals surface area contributed by atoms with Crippen LogP contribution in [0.1, 0.15) is 5.56 Å². The molecule has 0 radical (unpaired) electrons. The van der Waals surface area contributed by atoms with E-state index in [0.717, 1.165) is 26.9 Å². The summed E-state index contributed by atoms with van der Waals surface area (Å²) < 4.78 is 0. The monoisotopic (exact) mass is 347 g/mol. The molecule has 0 saturated carbocycles. The van der Waals surface area contributed by atoms with Crippen molar-refractivity contribution in [2.24, 2.45) is 4.99 Å². The van der Waals surface area contributed by atoms with Crippen molar-refractivity contribution in [2.45, 2.75) is 10.6 Å². The van der Waals surface area contributed by atoms with Crippen LogP contribution in [0.3, 0.4) is 0 Å². The van der Waals surface area contributed by atoms with E-state index in [9.17, 15) is 0 Å². The molecule has 22 heavy (non-hydrogen) atoms. The highest BCUT2D eigenvalue weighted by Gasteiger charge is 2.06. The Balaban J connectivity index is 2.19. The van der Waals surface area contributed by atoms with Gasteiger partial charge in [-0.25, -0.2) is 4.99 Å². The lowest BCUT2D eigenvalue weighted by Crippen LogP contribution is -2.12. The van der Waals surface area contributed by atoms with Gasteiger partial charge in [0.2, 0.25) is 0 Å². The second-order valence-electron chi connectivity index (χ2n) is 4.21. The third kappa shape index (κ3) is 4.70. The molecule has 0 aliphatic carbocycles. The smallest absolute Gasteiger partial charge is 0.183 e. The first kappa shape index (κ1) is 16.8. The maximum atomic E-state index is 8.72. The average molecular weight is 348 g/mol. The van der Waals surface area contributed by atoms with Gasteiger partial charge >= 0.3 is 0 Å². The van der Waals surface area contributed by atoms with Crippen LogP contribution < -0.4 is 5.32 Å². The number of rotatable bonds is 4. The van der Waals surface area contributed by atoms with E-state index >= 15 is 0 Å². The number of amidine groups is 1. The zero-order chi connectivity index (χ0) is 15.8. The van der Waals surface area contributed by atoms with Crippen molar-refractivity contribution in [3.8, 4) is 6.19 Å². The first-order chi connectivity index (χ1) is 10.7. The number of hydrogen-bond donors (Lipinski definition) is 1. The van der Waals surface area contributed by atoms with Gasteiger partial charge in [0, 0.05) is 15.7 Å². The van der Waals surface area contributed by atoms with E-state index in [1.54, 1.807) is 11.8 Å². The number of nitrogens with zero attached hydrogens (tertiary/aromatic N) is 2. The summed E-state index contributed by atoms with van der Waals surface area (Å²) in [5, 5.41) is 12.6. The van der Waals surface area contributed by atoms with E-state index in [2.05, 4.69) is 10.3 Å². The van der Waals surface area contributed by atoms with Crippen LogP contribution in [0.2, 0.25) is 5.02 Å². The fraction of sp³-hybridized carbons (Fsp3) is 0.125. The Morgan fingerprint density at radius 1 is 1.23 bits per heavy atom. The van der Waals surface area contributed by atoms with E-state index in [0.29, 0.717) is 5.17 Å². The minimum Gasteiger partial charge on any atom is -0.271 e. The van der Waals surface area contributed by atoms with Crippen LogP contribution in [0.5, 0.6) is 0 Å². The van der Waals surface area contributed by atoms with Crippen LogP contribution in [0, 0.1) is 11.5 Å². The average Bonchev–Trinajstić information content (AvgIpc) is 2.55. The van der Waals surface area contributed by atoms with Crippen molar-refractivity contribution in [3.63, 3.8) is 0 Å². The lowest BCUT2D eigenvalue weighted by molar-refractivity contribution is 1.26. The van der Waals surface area contributed by atoms with Gasteiger partial charge in [0.25, 0.3) is 0 Å². The van der Waals surface area contributed by atoms with E-state index in [4.69, 9.17) is 16.9 Å². The van der Waals surface area contributed by atoms with Gasteiger partial charge in [0.05, 0.1) is 5.69 Å². The van der Waals surface area contributed by atoms with Gasteiger partial charge < -0.3 is 0 Å². The van der Waals surface area contributed by atoms with Crippen molar-refractivity contribution >= 4 is 46.0 Å². The molecule has 0 saturated heterocycles. The molecule has 0 amide bonds. The molecule has 2 aromatic carbocycles. The summed E-state index contributed by atoms with van der Waals surface area (Å²) in [4.78, 5) is 5.54. The number of nitrogens with one attached hydrogen (secondary N) is 1. The summed E-state index contributed by atoms with van der Waals surface area (Å²) in [5.74, 6) is 0.770. The molecule has 2 aromatic rings.